The summed E-state index contributed by atoms with van der Waals surface area (Å²) in [5.41, 5.74) is 0.0282. The lowest BCUT2D eigenvalue weighted by atomic mass is 9.92. The molecular weight excluding hydrogens is 188 g/mol. The number of benzene rings is 1. The number of aliphatic hydroxyl groups is 1. The van der Waals surface area contributed by atoms with E-state index in [9.17, 15) is 5.11 Å². The Morgan fingerprint density at radius 2 is 1.87 bits per heavy atom. The molecule has 0 fully saturated rings. The zero-order valence-electron chi connectivity index (χ0n) is 8.68. The van der Waals surface area contributed by atoms with Gasteiger partial charge in [-0.1, -0.05) is 30.3 Å². The van der Waals surface area contributed by atoms with Crippen molar-refractivity contribution in [3.05, 3.63) is 60.1 Å². The third-order valence-electron chi connectivity index (χ3n) is 2.49. The Bertz CT molecular complexity index is 401. The van der Waals surface area contributed by atoms with E-state index in [4.69, 9.17) is 4.42 Å². The Hall–Kier alpha value is -1.54. The van der Waals surface area contributed by atoms with E-state index in [1.807, 2.05) is 42.5 Å². The van der Waals surface area contributed by atoms with Gasteiger partial charge >= 0.3 is 0 Å². The van der Waals surface area contributed by atoms with Crippen molar-refractivity contribution < 1.29 is 9.52 Å². The molecule has 0 spiro atoms. The van der Waals surface area contributed by atoms with Crippen LogP contribution in [0.25, 0.3) is 0 Å². The second kappa shape index (κ2) is 3.91. The molecule has 1 aromatic heterocycles. The molecule has 2 nitrogen and oxygen atoms in total. The lowest BCUT2D eigenvalue weighted by Crippen LogP contribution is -2.23. The predicted molar refractivity (Wildman–Crippen MR) is 58.4 cm³/mol. The monoisotopic (exact) mass is 202 g/mol. The molecule has 0 radical (unpaired) electrons. The minimum atomic E-state index is -0.876. The first-order valence-electron chi connectivity index (χ1n) is 4.99. The summed E-state index contributed by atoms with van der Waals surface area (Å²) in [5.74, 6) is 0.795. The summed E-state index contributed by atoms with van der Waals surface area (Å²) in [5, 5.41) is 10.3. The molecule has 2 rings (SSSR count). The second-order valence-electron chi connectivity index (χ2n) is 3.90. The fourth-order valence-corrected chi connectivity index (χ4v) is 1.65. The van der Waals surface area contributed by atoms with Crippen LogP contribution in [0, 0.1) is 0 Å². The highest BCUT2D eigenvalue weighted by Gasteiger charge is 2.24. The van der Waals surface area contributed by atoms with Gasteiger partial charge < -0.3 is 9.52 Å². The SMILES string of the molecule is C[C@](O)(Cc1ccco1)c1ccccc1. The van der Waals surface area contributed by atoms with Gasteiger partial charge in [-0.05, 0) is 24.6 Å². The fourth-order valence-electron chi connectivity index (χ4n) is 1.65. The van der Waals surface area contributed by atoms with E-state index in [2.05, 4.69) is 0 Å². The molecule has 2 aromatic rings. The maximum atomic E-state index is 10.3. The molecule has 0 aliphatic rings. The number of hydrogen-bond donors (Lipinski definition) is 1. The molecule has 0 amide bonds. The maximum Gasteiger partial charge on any atom is 0.106 e. The van der Waals surface area contributed by atoms with Gasteiger partial charge in [-0.25, -0.2) is 0 Å². The van der Waals surface area contributed by atoms with Gasteiger partial charge in [-0.15, -0.1) is 0 Å². The van der Waals surface area contributed by atoms with Crippen LogP contribution in [0.1, 0.15) is 18.2 Å². The van der Waals surface area contributed by atoms with Crippen molar-refractivity contribution in [3.63, 3.8) is 0 Å². The Balaban J connectivity index is 2.20. The van der Waals surface area contributed by atoms with Gasteiger partial charge in [0.05, 0.1) is 11.9 Å². The molecule has 2 heteroatoms. The van der Waals surface area contributed by atoms with Gasteiger partial charge in [0.25, 0.3) is 0 Å². The summed E-state index contributed by atoms with van der Waals surface area (Å²) in [6, 6.07) is 13.3. The van der Waals surface area contributed by atoms with Gasteiger partial charge in [0, 0.05) is 6.42 Å². The van der Waals surface area contributed by atoms with E-state index >= 15 is 0 Å². The van der Waals surface area contributed by atoms with E-state index in [1.54, 1.807) is 13.2 Å². The number of rotatable bonds is 3. The molecule has 1 atom stereocenters. The minimum Gasteiger partial charge on any atom is -0.469 e. The number of hydrogen-bond acceptors (Lipinski definition) is 2. The third kappa shape index (κ3) is 2.28. The molecule has 0 unspecified atom stereocenters. The van der Waals surface area contributed by atoms with E-state index in [0.717, 1.165) is 11.3 Å². The fraction of sp³-hybridized carbons (Fsp3) is 0.231. The summed E-state index contributed by atoms with van der Waals surface area (Å²) >= 11 is 0. The van der Waals surface area contributed by atoms with Crippen molar-refractivity contribution in [2.24, 2.45) is 0 Å². The van der Waals surface area contributed by atoms with Crippen LogP contribution >= 0.6 is 0 Å². The first-order valence-corrected chi connectivity index (χ1v) is 4.99. The Morgan fingerprint density at radius 1 is 1.13 bits per heavy atom. The summed E-state index contributed by atoms with van der Waals surface area (Å²) in [6.07, 6.45) is 2.11. The average Bonchev–Trinajstić information content (AvgIpc) is 2.71. The highest BCUT2D eigenvalue weighted by molar-refractivity contribution is 5.23. The molecule has 0 aliphatic heterocycles. The summed E-state index contributed by atoms with van der Waals surface area (Å²) in [4.78, 5) is 0. The van der Waals surface area contributed by atoms with E-state index in [1.165, 1.54) is 0 Å². The lowest BCUT2D eigenvalue weighted by Gasteiger charge is -2.22. The van der Waals surface area contributed by atoms with Crippen LogP contribution in [0.15, 0.2) is 53.1 Å². The molecular formula is C13H14O2. The maximum absolute atomic E-state index is 10.3. The van der Waals surface area contributed by atoms with Crippen LogP contribution in [0.3, 0.4) is 0 Å². The highest BCUT2D eigenvalue weighted by Crippen LogP contribution is 2.24. The topological polar surface area (TPSA) is 33.4 Å². The van der Waals surface area contributed by atoms with E-state index in [-0.39, 0.29) is 0 Å². The van der Waals surface area contributed by atoms with Gasteiger partial charge in [0.15, 0.2) is 0 Å². The van der Waals surface area contributed by atoms with Gasteiger partial charge in [-0.3, -0.25) is 0 Å². The molecule has 78 valence electrons. The zero-order chi connectivity index (χ0) is 10.7. The smallest absolute Gasteiger partial charge is 0.106 e. The summed E-state index contributed by atoms with van der Waals surface area (Å²) in [7, 11) is 0. The van der Waals surface area contributed by atoms with Crippen LogP contribution in [-0.2, 0) is 12.0 Å². The van der Waals surface area contributed by atoms with Crippen molar-refractivity contribution in [3.8, 4) is 0 Å². The number of furan rings is 1. The van der Waals surface area contributed by atoms with Crippen molar-refractivity contribution in [2.45, 2.75) is 18.9 Å². The highest BCUT2D eigenvalue weighted by atomic mass is 16.3. The van der Waals surface area contributed by atoms with Crippen LogP contribution in [0.4, 0.5) is 0 Å². The molecule has 0 bridgehead atoms. The summed E-state index contributed by atoms with van der Waals surface area (Å²) in [6.45, 7) is 1.80. The zero-order valence-corrected chi connectivity index (χ0v) is 8.68. The van der Waals surface area contributed by atoms with Crippen molar-refractivity contribution in [2.75, 3.05) is 0 Å². The molecule has 1 heterocycles. The predicted octanol–water partition coefficient (Wildman–Crippen LogP) is 2.73. The Morgan fingerprint density at radius 3 is 2.47 bits per heavy atom. The van der Waals surface area contributed by atoms with Crippen molar-refractivity contribution >= 4 is 0 Å². The van der Waals surface area contributed by atoms with Gasteiger partial charge in [0.1, 0.15) is 5.76 Å². The van der Waals surface area contributed by atoms with Crippen LogP contribution in [0.2, 0.25) is 0 Å². The van der Waals surface area contributed by atoms with Crippen molar-refractivity contribution in [1.29, 1.82) is 0 Å². The van der Waals surface area contributed by atoms with Crippen molar-refractivity contribution in [1.82, 2.24) is 0 Å². The second-order valence-corrected chi connectivity index (χ2v) is 3.90. The Kier molecular flexibility index (Phi) is 2.60. The molecule has 15 heavy (non-hydrogen) atoms. The van der Waals surface area contributed by atoms with E-state index < -0.39 is 5.60 Å². The first kappa shape index (κ1) is 9.99. The molecule has 1 N–H and O–H groups in total. The minimum absolute atomic E-state index is 0.490. The van der Waals surface area contributed by atoms with Gasteiger partial charge in [-0.2, -0.15) is 0 Å². The molecule has 0 aliphatic carbocycles. The van der Waals surface area contributed by atoms with Crippen LogP contribution in [0.5, 0.6) is 0 Å². The summed E-state index contributed by atoms with van der Waals surface area (Å²) < 4.78 is 5.23. The van der Waals surface area contributed by atoms with Crippen LogP contribution < -0.4 is 0 Å². The third-order valence-corrected chi connectivity index (χ3v) is 2.49. The van der Waals surface area contributed by atoms with Gasteiger partial charge in [0.2, 0.25) is 0 Å². The lowest BCUT2D eigenvalue weighted by molar-refractivity contribution is 0.0521. The Labute approximate surface area is 89.2 Å². The molecule has 1 aromatic carbocycles. The molecule has 0 saturated carbocycles. The largest absolute Gasteiger partial charge is 0.469 e. The first-order chi connectivity index (χ1) is 7.18. The van der Waals surface area contributed by atoms with E-state index in [0.29, 0.717) is 6.42 Å². The average molecular weight is 202 g/mol. The van der Waals surface area contributed by atoms with Crippen LogP contribution in [-0.4, -0.2) is 5.11 Å². The normalized spacial score (nSPS) is 14.8. The standard InChI is InChI=1S/C13H14O2/c1-13(14,10-12-8-5-9-15-12)11-6-3-2-4-7-11/h2-9,14H,10H2,1H3/t13-/m0/s1. The quantitative estimate of drug-likeness (QED) is 0.830. The molecule has 0 saturated heterocycles.